The summed E-state index contributed by atoms with van der Waals surface area (Å²) in [6, 6.07) is 14.1. The fraction of sp³-hybridized carbons (Fsp3) is 0.0526. The minimum atomic E-state index is -0.445. The summed E-state index contributed by atoms with van der Waals surface area (Å²) in [5, 5.41) is 9.74. The van der Waals surface area contributed by atoms with E-state index < -0.39 is 11.8 Å². The Balaban J connectivity index is 1.31. The van der Waals surface area contributed by atoms with E-state index in [1.807, 2.05) is 24.3 Å². The summed E-state index contributed by atoms with van der Waals surface area (Å²) >= 11 is 6.85. The van der Waals surface area contributed by atoms with Gasteiger partial charge in [0.2, 0.25) is 5.91 Å². The van der Waals surface area contributed by atoms with Gasteiger partial charge in [-0.2, -0.15) is 0 Å². The Hall–Kier alpha value is -3.30. The quantitative estimate of drug-likeness (QED) is 0.332. The van der Waals surface area contributed by atoms with E-state index >= 15 is 0 Å². The number of amides is 2. The van der Waals surface area contributed by atoms with Crippen LogP contribution in [-0.2, 0) is 4.79 Å². The molecule has 2 aromatic carbocycles. The van der Waals surface area contributed by atoms with Gasteiger partial charge in [0, 0.05) is 27.7 Å². The number of benzene rings is 2. The molecule has 0 unspecified atom stereocenters. The number of fused-ring (bicyclic) bond motifs is 1. The van der Waals surface area contributed by atoms with Gasteiger partial charge in [0.25, 0.3) is 17.0 Å². The molecule has 0 saturated heterocycles. The fourth-order valence-corrected chi connectivity index (χ4v) is 3.28. The summed E-state index contributed by atoms with van der Waals surface area (Å²) in [4.78, 5) is 27.1. The maximum absolute atomic E-state index is 12.0. The molecule has 0 aliphatic rings. The van der Waals surface area contributed by atoms with Crippen LogP contribution in [0.1, 0.15) is 10.4 Å². The molecular formula is C19H14ClN5O3S. The second kappa shape index (κ2) is 8.38. The van der Waals surface area contributed by atoms with Crippen molar-refractivity contribution in [1.29, 1.82) is 0 Å². The molecule has 146 valence electrons. The lowest BCUT2D eigenvalue weighted by atomic mass is 10.2. The predicted octanol–water partition coefficient (Wildman–Crippen LogP) is 3.42. The number of halogens is 1. The summed E-state index contributed by atoms with van der Waals surface area (Å²) < 4.78 is 5.63. The standard InChI is InChI=1S/C19H14ClN5O3S/c20-12-7-5-11(6-8-12)17(27)23-22-16(26)10-29-19-25-24-18(28-19)14-9-21-15-4-2-1-3-13(14)15/h1-9,21H,10H2,(H,22,26)(H,23,27). The zero-order chi connectivity index (χ0) is 20.2. The third kappa shape index (κ3) is 4.41. The summed E-state index contributed by atoms with van der Waals surface area (Å²) in [7, 11) is 0. The number of carbonyl (C=O) groups is 2. The Morgan fingerprint density at radius 1 is 1.07 bits per heavy atom. The van der Waals surface area contributed by atoms with Gasteiger partial charge in [-0.3, -0.25) is 20.4 Å². The van der Waals surface area contributed by atoms with E-state index in [9.17, 15) is 9.59 Å². The van der Waals surface area contributed by atoms with Crippen LogP contribution in [0.2, 0.25) is 5.02 Å². The summed E-state index contributed by atoms with van der Waals surface area (Å²) in [5.74, 6) is -0.499. The molecule has 4 aromatic rings. The van der Waals surface area contributed by atoms with Crippen LogP contribution < -0.4 is 10.9 Å². The molecule has 29 heavy (non-hydrogen) atoms. The highest BCUT2D eigenvalue weighted by molar-refractivity contribution is 7.99. The molecule has 0 fully saturated rings. The number of thioether (sulfide) groups is 1. The van der Waals surface area contributed by atoms with Crippen molar-refractivity contribution in [3.8, 4) is 11.5 Å². The molecule has 2 aromatic heterocycles. The molecule has 0 atom stereocenters. The number of aromatic amines is 1. The van der Waals surface area contributed by atoms with Crippen LogP contribution in [-0.4, -0.2) is 32.7 Å². The molecule has 2 amide bonds. The van der Waals surface area contributed by atoms with Gasteiger partial charge in [0.05, 0.1) is 11.3 Å². The van der Waals surface area contributed by atoms with Gasteiger partial charge in [0.1, 0.15) is 0 Å². The Morgan fingerprint density at radius 2 is 1.86 bits per heavy atom. The van der Waals surface area contributed by atoms with Crippen molar-refractivity contribution in [3.63, 3.8) is 0 Å². The third-order valence-electron chi connectivity index (χ3n) is 3.97. The Kier molecular flexibility index (Phi) is 5.50. The van der Waals surface area contributed by atoms with E-state index in [4.69, 9.17) is 16.0 Å². The third-order valence-corrected chi connectivity index (χ3v) is 5.05. The number of hydrazine groups is 1. The van der Waals surface area contributed by atoms with Gasteiger partial charge >= 0.3 is 0 Å². The smallest absolute Gasteiger partial charge is 0.277 e. The molecule has 0 radical (unpaired) electrons. The lowest BCUT2D eigenvalue weighted by Crippen LogP contribution is -2.42. The summed E-state index contributed by atoms with van der Waals surface area (Å²) in [5.41, 5.74) is 6.81. The molecule has 0 bridgehead atoms. The van der Waals surface area contributed by atoms with Crippen LogP contribution >= 0.6 is 23.4 Å². The average molecular weight is 428 g/mol. The highest BCUT2D eigenvalue weighted by Gasteiger charge is 2.15. The van der Waals surface area contributed by atoms with Crippen molar-refractivity contribution in [1.82, 2.24) is 26.0 Å². The zero-order valence-electron chi connectivity index (χ0n) is 14.8. The number of rotatable bonds is 5. The van der Waals surface area contributed by atoms with Crippen molar-refractivity contribution < 1.29 is 14.0 Å². The highest BCUT2D eigenvalue weighted by atomic mass is 35.5. The number of H-pyrrole nitrogens is 1. The number of hydrogen-bond acceptors (Lipinski definition) is 6. The Bertz CT molecular complexity index is 1170. The van der Waals surface area contributed by atoms with Crippen LogP contribution in [0.15, 0.2) is 64.4 Å². The molecule has 0 aliphatic carbocycles. The van der Waals surface area contributed by atoms with Crippen molar-refractivity contribution in [3.05, 3.63) is 65.3 Å². The minimum Gasteiger partial charge on any atom is -0.411 e. The van der Waals surface area contributed by atoms with Crippen molar-refractivity contribution in [2.75, 3.05) is 5.75 Å². The molecule has 8 nitrogen and oxygen atoms in total. The maximum atomic E-state index is 12.0. The number of nitrogens with one attached hydrogen (secondary N) is 3. The van der Waals surface area contributed by atoms with Crippen molar-refractivity contribution >= 4 is 46.1 Å². The molecule has 0 saturated carbocycles. The first-order chi connectivity index (χ1) is 14.1. The van der Waals surface area contributed by atoms with Gasteiger partial charge in [-0.15, -0.1) is 10.2 Å². The van der Waals surface area contributed by atoms with E-state index in [0.717, 1.165) is 28.2 Å². The second-order valence-corrected chi connectivity index (χ2v) is 7.28. The van der Waals surface area contributed by atoms with Crippen LogP contribution in [0.5, 0.6) is 0 Å². The van der Waals surface area contributed by atoms with Gasteiger partial charge in [0.15, 0.2) is 0 Å². The molecular weight excluding hydrogens is 414 g/mol. The van der Waals surface area contributed by atoms with Gasteiger partial charge < -0.3 is 9.40 Å². The molecule has 0 spiro atoms. The van der Waals surface area contributed by atoms with E-state index in [1.54, 1.807) is 30.5 Å². The lowest BCUT2D eigenvalue weighted by Gasteiger charge is -2.06. The predicted molar refractivity (Wildman–Crippen MR) is 109 cm³/mol. The van der Waals surface area contributed by atoms with E-state index in [1.165, 1.54) is 0 Å². The van der Waals surface area contributed by atoms with Crippen LogP contribution in [0.3, 0.4) is 0 Å². The average Bonchev–Trinajstić information content (AvgIpc) is 3.37. The first kappa shape index (κ1) is 19.0. The number of aromatic nitrogens is 3. The molecule has 2 heterocycles. The largest absolute Gasteiger partial charge is 0.411 e. The summed E-state index contributed by atoms with van der Waals surface area (Å²) in [6.45, 7) is 0. The normalized spacial score (nSPS) is 10.8. The molecule has 10 heteroatoms. The Labute approximate surface area is 174 Å². The molecule has 4 rings (SSSR count). The molecule has 0 aliphatic heterocycles. The van der Waals surface area contributed by atoms with Crippen LogP contribution in [0, 0.1) is 0 Å². The minimum absolute atomic E-state index is 0.00356. The maximum Gasteiger partial charge on any atom is 0.277 e. The van der Waals surface area contributed by atoms with Gasteiger partial charge in [-0.05, 0) is 30.3 Å². The van der Waals surface area contributed by atoms with Crippen molar-refractivity contribution in [2.45, 2.75) is 5.22 Å². The monoisotopic (exact) mass is 427 g/mol. The first-order valence-corrected chi connectivity index (χ1v) is 9.84. The summed E-state index contributed by atoms with van der Waals surface area (Å²) in [6.07, 6.45) is 1.80. The van der Waals surface area contributed by atoms with Crippen LogP contribution in [0.4, 0.5) is 0 Å². The van der Waals surface area contributed by atoms with E-state index in [2.05, 4.69) is 26.0 Å². The Morgan fingerprint density at radius 3 is 2.69 bits per heavy atom. The number of nitrogens with zero attached hydrogens (tertiary/aromatic N) is 2. The fourth-order valence-electron chi connectivity index (χ4n) is 2.59. The SMILES string of the molecule is O=C(CSc1nnc(-c2c[nH]c3ccccc23)o1)NNC(=O)c1ccc(Cl)cc1. The van der Waals surface area contributed by atoms with E-state index in [-0.39, 0.29) is 11.0 Å². The van der Waals surface area contributed by atoms with Gasteiger partial charge in [-0.25, -0.2) is 0 Å². The highest BCUT2D eigenvalue weighted by Crippen LogP contribution is 2.29. The van der Waals surface area contributed by atoms with Crippen LogP contribution in [0.25, 0.3) is 22.4 Å². The molecule has 3 N–H and O–H groups in total. The second-order valence-electron chi connectivity index (χ2n) is 5.92. The number of carbonyl (C=O) groups excluding carboxylic acids is 2. The zero-order valence-corrected chi connectivity index (χ0v) is 16.4. The van der Waals surface area contributed by atoms with Crippen molar-refractivity contribution in [2.24, 2.45) is 0 Å². The lowest BCUT2D eigenvalue weighted by molar-refractivity contribution is -0.119. The number of para-hydroxylation sites is 1. The van der Waals surface area contributed by atoms with E-state index in [0.29, 0.717) is 16.5 Å². The topological polar surface area (TPSA) is 113 Å². The number of hydrogen-bond donors (Lipinski definition) is 3. The first-order valence-electron chi connectivity index (χ1n) is 8.48. The van der Waals surface area contributed by atoms with Gasteiger partial charge in [-0.1, -0.05) is 41.6 Å².